The molecule has 1 rings (SSSR count). The smallest absolute Gasteiger partial charge is 0.162 e. The van der Waals surface area contributed by atoms with Crippen LogP contribution < -0.4 is 14.8 Å². The van der Waals surface area contributed by atoms with Gasteiger partial charge in [0.15, 0.2) is 11.5 Å². The van der Waals surface area contributed by atoms with Gasteiger partial charge >= 0.3 is 0 Å². The van der Waals surface area contributed by atoms with Crippen LogP contribution in [0.4, 0.5) is 0 Å². The van der Waals surface area contributed by atoms with Crippen molar-refractivity contribution in [1.82, 2.24) is 5.32 Å². The molecular weight excluding hydrogens is 290 g/mol. The van der Waals surface area contributed by atoms with Crippen LogP contribution in [0.15, 0.2) is 12.1 Å². The molecule has 0 saturated carbocycles. The van der Waals surface area contributed by atoms with Crippen LogP contribution in [0.1, 0.15) is 38.7 Å². The Balaban J connectivity index is 2.58. The lowest BCUT2D eigenvalue weighted by atomic mass is 10.2. The average Bonchev–Trinajstić information content (AvgIpc) is 2.47. The summed E-state index contributed by atoms with van der Waals surface area (Å²) in [6, 6.07) is 3.76. The molecular formula is C16H26ClNO3. The molecule has 5 heteroatoms. The van der Waals surface area contributed by atoms with Crippen LogP contribution in [0.5, 0.6) is 11.5 Å². The van der Waals surface area contributed by atoms with Gasteiger partial charge in [-0.05, 0) is 51.3 Å². The van der Waals surface area contributed by atoms with Gasteiger partial charge in [0, 0.05) is 24.2 Å². The SMILES string of the molecule is CCOc1cc(Cl)c(CNCCCCCO)cc1OCC. The van der Waals surface area contributed by atoms with E-state index in [-0.39, 0.29) is 6.61 Å². The molecule has 21 heavy (non-hydrogen) atoms. The summed E-state index contributed by atoms with van der Waals surface area (Å²) in [5, 5.41) is 12.8. The molecule has 0 aliphatic heterocycles. The van der Waals surface area contributed by atoms with E-state index in [1.807, 2.05) is 26.0 Å². The first-order valence-electron chi connectivity index (χ1n) is 7.62. The number of halogens is 1. The van der Waals surface area contributed by atoms with E-state index >= 15 is 0 Å². The molecule has 0 unspecified atom stereocenters. The second-order valence-electron chi connectivity index (χ2n) is 4.72. The molecule has 1 aromatic rings. The molecule has 0 aliphatic carbocycles. The van der Waals surface area contributed by atoms with E-state index < -0.39 is 0 Å². The topological polar surface area (TPSA) is 50.7 Å². The van der Waals surface area contributed by atoms with Gasteiger partial charge in [0.1, 0.15) is 0 Å². The Morgan fingerprint density at radius 3 is 2.33 bits per heavy atom. The summed E-state index contributed by atoms with van der Waals surface area (Å²) in [7, 11) is 0. The number of hydrogen-bond donors (Lipinski definition) is 2. The summed E-state index contributed by atoms with van der Waals surface area (Å²) in [5.74, 6) is 1.43. The quantitative estimate of drug-likeness (QED) is 0.615. The van der Waals surface area contributed by atoms with Crippen molar-refractivity contribution in [1.29, 1.82) is 0 Å². The Labute approximate surface area is 132 Å². The lowest BCUT2D eigenvalue weighted by Gasteiger charge is -2.14. The third-order valence-electron chi connectivity index (χ3n) is 3.04. The van der Waals surface area contributed by atoms with Crippen LogP contribution >= 0.6 is 11.6 Å². The normalized spacial score (nSPS) is 10.7. The van der Waals surface area contributed by atoms with E-state index in [9.17, 15) is 0 Å². The van der Waals surface area contributed by atoms with Gasteiger partial charge < -0.3 is 19.9 Å². The van der Waals surface area contributed by atoms with Crippen molar-refractivity contribution in [2.45, 2.75) is 39.7 Å². The maximum atomic E-state index is 8.72. The van der Waals surface area contributed by atoms with Gasteiger partial charge in [0.05, 0.1) is 13.2 Å². The van der Waals surface area contributed by atoms with E-state index in [1.54, 1.807) is 0 Å². The van der Waals surface area contributed by atoms with Crippen LogP contribution in [0.2, 0.25) is 5.02 Å². The zero-order valence-corrected chi connectivity index (χ0v) is 13.7. The minimum atomic E-state index is 0.266. The molecule has 1 aromatic carbocycles. The first kappa shape index (κ1) is 18.1. The minimum Gasteiger partial charge on any atom is -0.490 e. The van der Waals surface area contributed by atoms with Gasteiger partial charge in [-0.25, -0.2) is 0 Å². The van der Waals surface area contributed by atoms with E-state index in [2.05, 4.69) is 5.32 Å². The average molecular weight is 316 g/mol. The fraction of sp³-hybridized carbons (Fsp3) is 0.625. The van der Waals surface area contributed by atoms with E-state index in [0.29, 0.717) is 30.5 Å². The largest absolute Gasteiger partial charge is 0.490 e. The molecule has 0 saturated heterocycles. The standard InChI is InChI=1S/C16H26ClNO3/c1-3-20-15-10-13(12-18-8-6-5-7-9-19)14(17)11-16(15)21-4-2/h10-11,18-19H,3-9,12H2,1-2H3. The van der Waals surface area contributed by atoms with Crippen LogP contribution in [0, 0.1) is 0 Å². The van der Waals surface area contributed by atoms with Crippen LogP contribution in [0.3, 0.4) is 0 Å². The lowest BCUT2D eigenvalue weighted by Crippen LogP contribution is -2.15. The number of unbranched alkanes of at least 4 members (excludes halogenated alkanes) is 2. The highest BCUT2D eigenvalue weighted by molar-refractivity contribution is 6.31. The van der Waals surface area contributed by atoms with Gasteiger partial charge in [-0.1, -0.05) is 11.6 Å². The summed E-state index contributed by atoms with van der Waals surface area (Å²) in [4.78, 5) is 0. The zero-order valence-electron chi connectivity index (χ0n) is 13.0. The summed E-state index contributed by atoms with van der Waals surface area (Å²) in [5.41, 5.74) is 1.01. The highest BCUT2D eigenvalue weighted by Crippen LogP contribution is 2.33. The number of ether oxygens (including phenoxy) is 2. The molecule has 0 bridgehead atoms. The molecule has 0 fully saturated rings. The second-order valence-corrected chi connectivity index (χ2v) is 5.12. The first-order valence-corrected chi connectivity index (χ1v) is 8.00. The molecule has 0 amide bonds. The number of nitrogens with one attached hydrogen (secondary N) is 1. The second kappa shape index (κ2) is 10.7. The van der Waals surface area contributed by atoms with E-state index in [4.69, 9.17) is 26.2 Å². The van der Waals surface area contributed by atoms with Crippen molar-refractivity contribution in [2.24, 2.45) is 0 Å². The van der Waals surface area contributed by atoms with Crippen LogP contribution in [-0.2, 0) is 6.54 Å². The van der Waals surface area contributed by atoms with Crippen molar-refractivity contribution < 1.29 is 14.6 Å². The number of benzene rings is 1. The van der Waals surface area contributed by atoms with Gasteiger partial charge in [-0.3, -0.25) is 0 Å². The molecule has 0 aromatic heterocycles. The van der Waals surface area contributed by atoms with Crippen LogP contribution in [0.25, 0.3) is 0 Å². The molecule has 0 spiro atoms. The first-order chi connectivity index (χ1) is 10.2. The van der Waals surface area contributed by atoms with Crippen molar-refractivity contribution in [3.63, 3.8) is 0 Å². The lowest BCUT2D eigenvalue weighted by molar-refractivity contribution is 0.282. The van der Waals surface area contributed by atoms with E-state index in [1.165, 1.54) is 0 Å². The number of rotatable bonds is 11. The van der Waals surface area contributed by atoms with Crippen LogP contribution in [-0.4, -0.2) is 31.5 Å². The Hall–Kier alpha value is -0.970. The van der Waals surface area contributed by atoms with Gasteiger partial charge in [-0.15, -0.1) is 0 Å². The highest BCUT2D eigenvalue weighted by atomic mass is 35.5. The van der Waals surface area contributed by atoms with Gasteiger partial charge in [0.2, 0.25) is 0 Å². The number of hydrogen-bond acceptors (Lipinski definition) is 4. The monoisotopic (exact) mass is 315 g/mol. The zero-order chi connectivity index (χ0) is 15.5. The third kappa shape index (κ3) is 6.55. The van der Waals surface area contributed by atoms with Crippen molar-refractivity contribution in [2.75, 3.05) is 26.4 Å². The fourth-order valence-corrected chi connectivity index (χ4v) is 2.23. The van der Waals surface area contributed by atoms with Crippen molar-refractivity contribution >= 4 is 11.6 Å². The van der Waals surface area contributed by atoms with Crippen molar-refractivity contribution in [3.05, 3.63) is 22.7 Å². The van der Waals surface area contributed by atoms with Gasteiger partial charge in [-0.2, -0.15) is 0 Å². The Kier molecular flexibility index (Phi) is 9.22. The molecule has 0 heterocycles. The molecule has 4 nitrogen and oxygen atoms in total. The Bertz CT molecular complexity index is 413. The highest BCUT2D eigenvalue weighted by Gasteiger charge is 2.10. The Morgan fingerprint density at radius 2 is 1.71 bits per heavy atom. The number of aliphatic hydroxyl groups is 1. The molecule has 0 radical (unpaired) electrons. The van der Waals surface area contributed by atoms with Gasteiger partial charge in [0.25, 0.3) is 0 Å². The maximum Gasteiger partial charge on any atom is 0.162 e. The predicted molar refractivity (Wildman–Crippen MR) is 86.4 cm³/mol. The number of aliphatic hydroxyl groups excluding tert-OH is 1. The summed E-state index contributed by atoms with van der Waals surface area (Å²) >= 11 is 6.29. The molecule has 2 N–H and O–H groups in total. The fourth-order valence-electron chi connectivity index (χ4n) is 2.01. The predicted octanol–water partition coefficient (Wildman–Crippen LogP) is 3.39. The summed E-state index contributed by atoms with van der Waals surface area (Å²) in [6.07, 6.45) is 2.94. The molecule has 120 valence electrons. The molecule has 0 aliphatic rings. The minimum absolute atomic E-state index is 0.266. The summed E-state index contributed by atoms with van der Waals surface area (Å²) < 4.78 is 11.1. The van der Waals surface area contributed by atoms with Crippen molar-refractivity contribution in [3.8, 4) is 11.5 Å². The molecule has 0 atom stereocenters. The maximum absolute atomic E-state index is 8.72. The van der Waals surface area contributed by atoms with E-state index in [0.717, 1.165) is 37.1 Å². The Morgan fingerprint density at radius 1 is 1.05 bits per heavy atom. The third-order valence-corrected chi connectivity index (χ3v) is 3.39. The summed E-state index contributed by atoms with van der Waals surface area (Å²) in [6.45, 7) is 6.93.